The van der Waals surface area contributed by atoms with Crippen molar-refractivity contribution in [3.63, 3.8) is 0 Å². The van der Waals surface area contributed by atoms with E-state index < -0.39 is 12.0 Å². The number of carbonyl (C=O) groups is 2. The van der Waals surface area contributed by atoms with Crippen molar-refractivity contribution in [2.45, 2.75) is 6.04 Å². The molecule has 0 aliphatic rings. The summed E-state index contributed by atoms with van der Waals surface area (Å²) in [5, 5.41) is 4.83. The number of halogens is 1. The number of rotatable bonds is 6. The summed E-state index contributed by atoms with van der Waals surface area (Å²) >= 11 is 3.49. The van der Waals surface area contributed by atoms with Crippen LogP contribution in [0.5, 0.6) is 0 Å². The molecule has 0 aromatic heterocycles. The summed E-state index contributed by atoms with van der Waals surface area (Å²) in [6.07, 6.45) is 0. The van der Waals surface area contributed by atoms with E-state index in [1.807, 2.05) is 48.5 Å². The van der Waals surface area contributed by atoms with E-state index in [0.717, 1.165) is 26.4 Å². The molecule has 3 aromatic carbocycles. The molecule has 0 saturated heterocycles. The number of esters is 1. The molecular weight excluding hydrogens is 422 g/mol. The minimum Gasteiger partial charge on any atom is -0.467 e. The van der Waals surface area contributed by atoms with Crippen LogP contribution in [0.4, 0.5) is 0 Å². The van der Waals surface area contributed by atoms with Crippen LogP contribution in [0.25, 0.3) is 21.9 Å². The van der Waals surface area contributed by atoms with Gasteiger partial charge < -0.3 is 14.8 Å². The summed E-state index contributed by atoms with van der Waals surface area (Å²) in [7, 11) is 2.74. The first-order valence-electron chi connectivity index (χ1n) is 8.70. The highest BCUT2D eigenvalue weighted by Crippen LogP contribution is 2.33. The van der Waals surface area contributed by atoms with Crippen LogP contribution in [0.3, 0.4) is 0 Å². The van der Waals surface area contributed by atoms with Gasteiger partial charge in [-0.05, 0) is 40.1 Å². The topological polar surface area (TPSA) is 64.6 Å². The van der Waals surface area contributed by atoms with E-state index in [2.05, 4.69) is 21.2 Å². The van der Waals surface area contributed by atoms with Crippen molar-refractivity contribution in [2.24, 2.45) is 0 Å². The molecule has 0 spiro atoms. The molecular formula is C22H20BrNO4. The van der Waals surface area contributed by atoms with Crippen LogP contribution in [0.2, 0.25) is 0 Å². The van der Waals surface area contributed by atoms with Gasteiger partial charge in [0.1, 0.15) is 0 Å². The van der Waals surface area contributed by atoms with Crippen molar-refractivity contribution >= 4 is 38.6 Å². The molecule has 0 bridgehead atoms. The van der Waals surface area contributed by atoms with Gasteiger partial charge in [-0.25, -0.2) is 4.79 Å². The first kappa shape index (κ1) is 20.0. The zero-order chi connectivity index (χ0) is 20.1. The fourth-order valence-electron chi connectivity index (χ4n) is 3.11. The fraction of sp³-hybridized carbons (Fsp3) is 0.182. The van der Waals surface area contributed by atoms with Crippen LogP contribution >= 0.6 is 15.9 Å². The van der Waals surface area contributed by atoms with E-state index in [1.54, 1.807) is 12.1 Å². The van der Waals surface area contributed by atoms with Gasteiger partial charge in [-0.3, -0.25) is 4.79 Å². The van der Waals surface area contributed by atoms with Crippen molar-refractivity contribution in [3.8, 4) is 11.1 Å². The minimum atomic E-state index is -0.883. The third kappa shape index (κ3) is 4.24. The predicted octanol–water partition coefficient (Wildman–Crippen LogP) is 4.19. The highest BCUT2D eigenvalue weighted by molar-refractivity contribution is 9.10. The van der Waals surface area contributed by atoms with Gasteiger partial charge in [0, 0.05) is 17.1 Å². The van der Waals surface area contributed by atoms with Gasteiger partial charge in [0.15, 0.2) is 6.04 Å². The number of hydrogen-bond acceptors (Lipinski definition) is 4. The lowest BCUT2D eigenvalue weighted by atomic mass is 9.94. The average molecular weight is 442 g/mol. The molecule has 0 radical (unpaired) electrons. The Balaban J connectivity index is 2.06. The maximum atomic E-state index is 13.0. The van der Waals surface area contributed by atoms with Crippen molar-refractivity contribution < 1.29 is 19.1 Å². The Labute approximate surface area is 171 Å². The second kappa shape index (κ2) is 8.99. The summed E-state index contributed by atoms with van der Waals surface area (Å²) in [4.78, 5) is 24.9. The summed E-state index contributed by atoms with van der Waals surface area (Å²) < 4.78 is 10.6. The Morgan fingerprint density at radius 1 is 1.00 bits per heavy atom. The van der Waals surface area contributed by atoms with E-state index in [0.29, 0.717) is 5.56 Å². The monoisotopic (exact) mass is 441 g/mol. The summed E-state index contributed by atoms with van der Waals surface area (Å²) in [5.41, 5.74) is 2.17. The molecule has 0 aliphatic heterocycles. The van der Waals surface area contributed by atoms with Crippen LogP contribution in [0.15, 0.2) is 65.1 Å². The van der Waals surface area contributed by atoms with Gasteiger partial charge in [0.25, 0.3) is 5.91 Å². The number of amides is 1. The fourth-order valence-corrected chi connectivity index (χ4v) is 3.47. The van der Waals surface area contributed by atoms with Crippen LogP contribution in [-0.4, -0.2) is 38.7 Å². The second-order valence-corrected chi connectivity index (χ2v) is 7.14. The van der Waals surface area contributed by atoms with Crippen molar-refractivity contribution in [1.29, 1.82) is 0 Å². The zero-order valence-corrected chi connectivity index (χ0v) is 17.2. The lowest BCUT2D eigenvalue weighted by Gasteiger charge is -2.18. The van der Waals surface area contributed by atoms with Gasteiger partial charge in [0.05, 0.1) is 13.7 Å². The maximum Gasteiger partial charge on any atom is 0.330 e. The molecule has 3 aromatic rings. The molecule has 1 atom stereocenters. The minimum absolute atomic E-state index is 0.0263. The van der Waals surface area contributed by atoms with Crippen LogP contribution in [0, 0.1) is 0 Å². The van der Waals surface area contributed by atoms with E-state index >= 15 is 0 Å². The van der Waals surface area contributed by atoms with Crippen LogP contribution in [0.1, 0.15) is 10.4 Å². The van der Waals surface area contributed by atoms with Gasteiger partial charge >= 0.3 is 5.97 Å². The molecule has 5 nitrogen and oxygen atoms in total. The smallest absolute Gasteiger partial charge is 0.330 e. The third-order valence-electron chi connectivity index (χ3n) is 4.43. The number of nitrogens with one attached hydrogen (secondary N) is 1. The molecule has 1 N–H and O–H groups in total. The summed E-state index contributed by atoms with van der Waals surface area (Å²) in [6, 6.07) is 18.5. The Morgan fingerprint density at radius 3 is 2.50 bits per heavy atom. The molecule has 6 heteroatoms. The normalized spacial score (nSPS) is 11.8. The van der Waals surface area contributed by atoms with Gasteiger partial charge in [-0.2, -0.15) is 0 Å². The van der Waals surface area contributed by atoms with E-state index in [1.165, 1.54) is 14.2 Å². The quantitative estimate of drug-likeness (QED) is 0.582. The van der Waals surface area contributed by atoms with Crippen LogP contribution in [-0.2, 0) is 14.3 Å². The average Bonchev–Trinajstić information content (AvgIpc) is 2.72. The predicted molar refractivity (Wildman–Crippen MR) is 112 cm³/mol. The van der Waals surface area contributed by atoms with Gasteiger partial charge in [-0.1, -0.05) is 58.4 Å². The Kier molecular flexibility index (Phi) is 6.44. The molecule has 144 valence electrons. The Bertz CT molecular complexity index is 1010. The van der Waals surface area contributed by atoms with Gasteiger partial charge in [0.2, 0.25) is 0 Å². The number of methoxy groups -OCH3 is 2. The molecule has 0 heterocycles. The number of benzene rings is 3. The second-order valence-electron chi connectivity index (χ2n) is 6.22. The lowest BCUT2D eigenvalue weighted by molar-refractivity contribution is -0.144. The molecule has 0 fully saturated rings. The number of fused-ring (bicyclic) bond motifs is 1. The van der Waals surface area contributed by atoms with Crippen molar-refractivity contribution in [1.82, 2.24) is 5.32 Å². The first-order chi connectivity index (χ1) is 13.5. The van der Waals surface area contributed by atoms with E-state index in [4.69, 9.17) is 9.47 Å². The van der Waals surface area contributed by atoms with Crippen molar-refractivity contribution in [3.05, 3.63) is 70.7 Å². The largest absolute Gasteiger partial charge is 0.467 e. The summed E-state index contributed by atoms with van der Waals surface area (Å²) in [6.45, 7) is 0.0263. The highest BCUT2D eigenvalue weighted by Gasteiger charge is 2.24. The van der Waals surface area contributed by atoms with Crippen molar-refractivity contribution in [2.75, 3.05) is 20.8 Å². The van der Waals surface area contributed by atoms with E-state index in [-0.39, 0.29) is 12.5 Å². The van der Waals surface area contributed by atoms with Gasteiger partial charge in [-0.15, -0.1) is 0 Å². The zero-order valence-electron chi connectivity index (χ0n) is 15.6. The maximum absolute atomic E-state index is 13.0. The molecule has 0 saturated carbocycles. The molecule has 3 rings (SSSR count). The molecule has 28 heavy (non-hydrogen) atoms. The lowest BCUT2D eigenvalue weighted by Crippen LogP contribution is -2.44. The SMILES string of the molecule is COCC(NC(=O)c1ccc(Br)cc1-c1cccc2ccccc12)C(=O)OC. The third-order valence-corrected chi connectivity index (χ3v) is 4.92. The number of ether oxygens (including phenoxy) is 2. The molecule has 1 unspecified atom stereocenters. The molecule has 0 aliphatic carbocycles. The highest BCUT2D eigenvalue weighted by atomic mass is 79.9. The first-order valence-corrected chi connectivity index (χ1v) is 9.49. The Morgan fingerprint density at radius 2 is 1.75 bits per heavy atom. The molecule has 1 amide bonds. The Hall–Kier alpha value is -2.70. The number of carbonyl (C=O) groups excluding carboxylic acids is 2. The standard InChI is InChI=1S/C22H20BrNO4/c1-27-13-20(22(26)28-2)24-21(25)18-11-10-15(23)12-19(18)17-9-5-7-14-6-3-4-8-16(14)17/h3-12,20H,13H2,1-2H3,(H,24,25). The number of hydrogen-bond donors (Lipinski definition) is 1. The van der Waals surface area contributed by atoms with Crippen LogP contribution < -0.4 is 5.32 Å². The van der Waals surface area contributed by atoms with E-state index in [9.17, 15) is 9.59 Å². The summed E-state index contributed by atoms with van der Waals surface area (Å²) in [5.74, 6) is -0.929.